The van der Waals surface area contributed by atoms with Crippen molar-refractivity contribution in [2.75, 3.05) is 0 Å². The standard InChI is InChI=1S/C28H27ClF3N5O/c1-37-24(19-4-2-3-5-20(19)28(30,31)32)35-36-25(37)27-11-8-26(9-12-27,10-13-27)21(23(34)38)15-18-7-6-17(16-33)14-22(18)29/h2-7,14,21H,8-13,15H2,1H3,(H2,34,38). The van der Waals surface area contributed by atoms with Crippen molar-refractivity contribution in [2.24, 2.45) is 24.1 Å². The van der Waals surface area contributed by atoms with E-state index in [0.717, 1.165) is 50.2 Å². The SMILES string of the molecule is Cn1c(-c2ccccc2C(F)(F)F)nnc1C12CCC(C(Cc3ccc(C#N)cc3Cl)C(N)=O)(CC1)CC2. The number of rotatable bonds is 6. The lowest BCUT2D eigenvalue weighted by molar-refractivity contribution is -0.137. The van der Waals surface area contributed by atoms with Crippen LogP contribution in [-0.4, -0.2) is 20.7 Å². The van der Waals surface area contributed by atoms with E-state index in [1.807, 2.05) is 0 Å². The molecular formula is C28H27ClF3N5O. The molecule has 1 heterocycles. The second kappa shape index (κ2) is 9.42. The second-order valence-corrected chi connectivity index (χ2v) is 11.1. The Morgan fingerprint density at radius 3 is 2.37 bits per heavy atom. The molecule has 6 rings (SSSR count). The number of benzene rings is 2. The van der Waals surface area contributed by atoms with Crippen molar-refractivity contribution in [1.82, 2.24) is 14.8 Å². The van der Waals surface area contributed by atoms with E-state index in [2.05, 4.69) is 16.3 Å². The van der Waals surface area contributed by atoms with Crippen molar-refractivity contribution >= 4 is 17.5 Å². The molecule has 2 aromatic carbocycles. The first-order chi connectivity index (χ1) is 18.0. The number of carbonyl (C=O) groups excluding carboxylic acids is 1. The van der Waals surface area contributed by atoms with Gasteiger partial charge in [-0.1, -0.05) is 35.9 Å². The topological polar surface area (TPSA) is 97.6 Å². The number of primary amides is 1. The summed E-state index contributed by atoms with van der Waals surface area (Å²) in [6.07, 6.45) is 0.356. The van der Waals surface area contributed by atoms with Gasteiger partial charge in [-0.05, 0) is 74.1 Å². The summed E-state index contributed by atoms with van der Waals surface area (Å²) in [4.78, 5) is 12.7. The van der Waals surface area contributed by atoms with Crippen molar-refractivity contribution < 1.29 is 18.0 Å². The number of hydrogen-bond donors (Lipinski definition) is 1. The predicted octanol–water partition coefficient (Wildman–Crippen LogP) is 5.96. The van der Waals surface area contributed by atoms with Crippen molar-refractivity contribution in [3.8, 4) is 17.5 Å². The van der Waals surface area contributed by atoms with E-state index in [4.69, 9.17) is 22.6 Å². The summed E-state index contributed by atoms with van der Waals surface area (Å²) in [6, 6.07) is 12.5. The number of carbonyl (C=O) groups is 1. The first kappa shape index (κ1) is 26.2. The molecule has 10 heteroatoms. The monoisotopic (exact) mass is 541 g/mol. The molecule has 0 radical (unpaired) electrons. The lowest BCUT2D eigenvalue weighted by Gasteiger charge is -2.55. The lowest BCUT2D eigenvalue weighted by atomic mass is 9.49. The molecule has 3 fully saturated rings. The van der Waals surface area contributed by atoms with Crippen LogP contribution in [0, 0.1) is 22.7 Å². The quantitative estimate of drug-likeness (QED) is 0.416. The van der Waals surface area contributed by atoms with E-state index in [0.29, 0.717) is 22.8 Å². The van der Waals surface area contributed by atoms with Crippen LogP contribution in [0.3, 0.4) is 0 Å². The van der Waals surface area contributed by atoms with E-state index in [-0.39, 0.29) is 28.1 Å². The van der Waals surface area contributed by atoms with Gasteiger partial charge in [0.15, 0.2) is 5.82 Å². The predicted molar refractivity (Wildman–Crippen MR) is 136 cm³/mol. The Morgan fingerprint density at radius 1 is 1.13 bits per heavy atom. The highest BCUT2D eigenvalue weighted by molar-refractivity contribution is 6.31. The van der Waals surface area contributed by atoms with Crippen LogP contribution < -0.4 is 5.73 Å². The molecule has 0 spiro atoms. The zero-order chi connectivity index (χ0) is 27.3. The molecule has 0 aliphatic heterocycles. The Bertz CT molecular complexity index is 1420. The van der Waals surface area contributed by atoms with Crippen LogP contribution in [0.2, 0.25) is 5.02 Å². The highest BCUT2D eigenvalue weighted by Gasteiger charge is 2.55. The van der Waals surface area contributed by atoms with Crippen LogP contribution in [0.15, 0.2) is 42.5 Å². The highest BCUT2D eigenvalue weighted by Crippen LogP contribution is 2.61. The Hall–Kier alpha value is -3.38. The summed E-state index contributed by atoms with van der Waals surface area (Å²) in [5, 5.41) is 18.2. The minimum Gasteiger partial charge on any atom is -0.369 e. The molecule has 198 valence electrons. The zero-order valence-electron chi connectivity index (χ0n) is 20.9. The number of halogens is 4. The number of alkyl halides is 3. The molecule has 1 aromatic heterocycles. The molecular weight excluding hydrogens is 515 g/mol. The fourth-order valence-corrected chi connectivity index (χ4v) is 6.90. The Labute approximate surface area is 223 Å². The summed E-state index contributed by atoms with van der Waals surface area (Å²) in [5.74, 6) is 0.0863. The van der Waals surface area contributed by atoms with Crippen molar-refractivity contribution in [1.29, 1.82) is 5.26 Å². The zero-order valence-corrected chi connectivity index (χ0v) is 21.6. The average molecular weight is 542 g/mol. The third-order valence-corrected chi connectivity index (χ3v) is 9.17. The Morgan fingerprint density at radius 2 is 1.79 bits per heavy atom. The summed E-state index contributed by atoms with van der Waals surface area (Å²) >= 11 is 6.41. The second-order valence-electron chi connectivity index (χ2n) is 10.7. The van der Waals surface area contributed by atoms with Gasteiger partial charge in [-0.15, -0.1) is 10.2 Å². The maximum atomic E-state index is 13.7. The highest BCUT2D eigenvalue weighted by atomic mass is 35.5. The molecule has 38 heavy (non-hydrogen) atoms. The van der Waals surface area contributed by atoms with Crippen LogP contribution in [0.25, 0.3) is 11.4 Å². The van der Waals surface area contributed by atoms with Gasteiger partial charge in [0, 0.05) is 29.0 Å². The van der Waals surface area contributed by atoms with Crippen LogP contribution in [0.4, 0.5) is 13.2 Å². The van der Waals surface area contributed by atoms with E-state index < -0.39 is 17.7 Å². The van der Waals surface area contributed by atoms with Crippen molar-refractivity contribution in [3.63, 3.8) is 0 Å². The van der Waals surface area contributed by atoms with Gasteiger partial charge in [-0.2, -0.15) is 18.4 Å². The van der Waals surface area contributed by atoms with Crippen LogP contribution >= 0.6 is 11.6 Å². The molecule has 6 nitrogen and oxygen atoms in total. The maximum Gasteiger partial charge on any atom is 0.417 e. The van der Waals surface area contributed by atoms with E-state index >= 15 is 0 Å². The van der Waals surface area contributed by atoms with Gasteiger partial charge in [0.1, 0.15) is 5.82 Å². The van der Waals surface area contributed by atoms with Gasteiger partial charge >= 0.3 is 6.18 Å². The first-order valence-electron chi connectivity index (χ1n) is 12.5. The Kier molecular flexibility index (Phi) is 6.50. The van der Waals surface area contributed by atoms with E-state index in [1.54, 1.807) is 35.9 Å². The summed E-state index contributed by atoms with van der Waals surface area (Å²) in [6.45, 7) is 0. The minimum absolute atomic E-state index is 0.00621. The normalized spacial score (nSPS) is 23.7. The summed E-state index contributed by atoms with van der Waals surface area (Å²) in [7, 11) is 1.72. The number of fused-ring (bicyclic) bond motifs is 3. The molecule has 1 amide bonds. The molecule has 3 saturated carbocycles. The van der Waals surface area contributed by atoms with Gasteiger partial charge in [0.2, 0.25) is 5.91 Å². The average Bonchev–Trinajstić information content (AvgIpc) is 3.30. The van der Waals surface area contributed by atoms with Crippen LogP contribution in [0.5, 0.6) is 0 Å². The molecule has 3 aromatic rings. The summed E-state index contributed by atoms with van der Waals surface area (Å²) < 4.78 is 42.7. The number of nitriles is 1. The first-order valence-corrected chi connectivity index (χ1v) is 12.9. The van der Waals surface area contributed by atoms with Crippen molar-refractivity contribution in [2.45, 2.75) is 56.5 Å². The molecule has 0 saturated heterocycles. The van der Waals surface area contributed by atoms with Gasteiger partial charge in [0.25, 0.3) is 0 Å². The van der Waals surface area contributed by atoms with Crippen LogP contribution in [-0.2, 0) is 29.9 Å². The van der Waals surface area contributed by atoms with Gasteiger partial charge in [-0.25, -0.2) is 0 Å². The number of hydrogen-bond acceptors (Lipinski definition) is 4. The largest absolute Gasteiger partial charge is 0.417 e. The number of nitrogens with zero attached hydrogens (tertiary/aromatic N) is 4. The smallest absolute Gasteiger partial charge is 0.369 e. The molecule has 1 atom stereocenters. The lowest BCUT2D eigenvalue weighted by Crippen LogP contribution is -2.52. The minimum atomic E-state index is -4.50. The van der Waals surface area contributed by atoms with Gasteiger partial charge < -0.3 is 10.3 Å². The van der Waals surface area contributed by atoms with Gasteiger partial charge in [0.05, 0.1) is 17.2 Å². The molecule has 3 aliphatic carbocycles. The molecule has 3 aliphatic rings. The third-order valence-electron chi connectivity index (χ3n) is 8.82. The Balaban J connectivity index is 1.41. The van der Waals surface area contributed by atoms with E-state index in [9.17, 15) is 18.0 Å². The third kappa shape index (κ3) is 4.35. The summed E-state index contributed by atoms with van der Waals surface area (Å²) in [5.41, 5.74) is 5.84. The van der Waals surface area contributed by atoms with E-state index in [1.165, 1.54) is 12.1 Å². The fourth-order valence-electron chi connectivity index (χ4n) is 6.64. The van der Waals surface area contributed by atoms with Crippen LogP contribution in [0.1, 0.15) is 61.0 Å². The fraction of sp³-hybridized carbons (Fsp3) is 0.429. The van der Waals surface area contributed by atoms with Crippen molar-refractivity contribution in [3.05, 3.63) is 70.0 Å². The number of nitrogens with two attached hydrogens (primary N) is 1. The number of amides is 1. The maximum absolute atomic E-state index is 13.7. The molecule has 2 bridgehead atoms. The molecule has 1 unspecified atom stereocenters. The van der Waals surface area contributed by atoms with Gasteiger partial charge in [-0.3, -0.25) is 4.79 Å². The molecule has 2 N–H and O–H groups in total. The number of aromatic nitrogens is 3.